The number of nitrogens with one attached hydrogen (secondary N) is 1. The zero-order valence-electron chi connectivity index (χ0n) is 16.7. The number of hydrogen-bond acceptors (Lipinski definition) is 4. The van der Waals surface area contributed by atoms with Gasteiger partial charge in [-0.2, -0.15) is 0 Å². The highest BCUT2D eigenvalue weighted by Crippen LogP contribution is 2.19. The third-order valence-corrected chi connectivity index (χ3v) is 4.79. The summed E-state index contributed by atoms with van der Waals surface area (Å²) in [5, 5.41) is 23.2. The van der Waals surface area contributed by atoms with Crippen LogP contribution in [-0.2, 0) is 6.54 Å². The molecule has 0 aliphatic rings. The van der Waals surface area contributed by atoms with Crippen molar-refractivity contribution in [2.24, 2.45) is 0 Å². The number of fused-ring (bicyclic) bond motifs is 1. The summed E-state index contributed by atoms with van der Waals surface area (Å²) in [5.74, 6) is -0.222. The normalized spacial score (nSPS) is 12.9. The number of carbonyl (C=O) groups is 1. The quantitative estimate of drug-likeness (QED) is 0.626. The summed E-state index contributed by atoms with van der Waals surface area (Å²) < 4.78 is 1.69. The molecule has 0 fully saturated rings. The average molecular weight is 380 g/mol. The predicted octanol–water partition coefficient (Wildman–Crippen LogP) is 3.54. The van der Waals surface area contributed by atoms with Crippen molar-refractivity contribution in [2.75, 3.05) is 0 Å². The van der Waals surface area contributed by atoms with Crippen LogP contribution in [0.25, 0.3) is 10.8 Å². The Bertz CT molecular complexity index is 938. The molecule has 1 heterocycles. The number of rotatable bonds is 8. The van der Waals surface area contributed by atoms with E-state index in [2.05, 4.69) is 39.9 Å². The molecule has 2 N–H and O–H groups in total. The molecule has 0 aliphatic heterocycles. The Balaban J connectivity index is 1.59. The smallest absolute Gasteiger partial charge is 0.273 e. The van der Waals surface area contributed by atoms with E-state index in [1.165, 1.54) is 10.8 Å². The van der Waals surface area contributed by atoms with Crippen LogP contribution < -0.4 is 5.32 Å². The fraction of sp³-hybridized carbons (Fsp3) is 0.409. The van der Waals surface area contributed by atoms with Crippen LogP contribution in [0, 0.1) is 0 Å². The van der Waals surface area contributed by atoms with Crippen LogP contribution in [0.2, 0.25) is 0 Å². The van der Waals surface area contributed by atoms with E-state index in [0.717, 1.165) is 18.4 Å². The first-order valence-electron chi connectivity index (χ1n) is 9.72. The Labute approximate surface area is 165 Å². The van der Waals surface area contributed by atoms with Crippen molar-refractivity contribution in [1.29, 1.82) is 0 Å². The lowest BCUT2D eigenvalue weighted by atomic mass is 10.00. The molecule has 0 saturated carbocycles. The Morgan fingerprint density at radius 1 is 1.21 bits per heavy atom. The Kier molecular flexibility index (Phi) is 6.09. The van der Waals surface area contributed by atoms with Crippen molar-refractivity contribution >= 4 is 16.7 Å². The molecule has 3 aromatic rings. The molecule has 0 aliphatic carbocycles. The van der Waals surface area contributed by atoms with E-state index in [1.807, 2.05) is 25.1 Å². The molecule has 148 valence electrons. The fourth-order valence-electron chi connectivity index (χ4n) is 3.30. The van der Waals surface area contributed by atoms with E-state index < -0.39 is 5.60 Å². The Hall–Kier alpha value is -2.73. The molecule has 2 aromatic carbocycles. The first-order chi connectivity index (χ1) is 13.3. The molecule has 6 heteroatoms. The highest BCUT2D eigenvalue weighted by molar-refractivity contribution is 5.92. The number of carbonyl (C=O) groups excluding carboxylic acids is 1. The molecular weight excluding hydrogens is 352 g/mol. The van der Waals surface area contributed by atoms with Gasteiger partial charge in [-0.25, -0.2) is 4.68 Å². The van der Waals surface area contributed by atoms with E-state index in [-0.39, 0.29) is 11.9 Å². The molecule has 0 bridgehead atoms. The first kappa shape index (κ1) is 20.0. The number of benzene rings is 2. The molecule has 1 aromatic heterocycles. The summed E-state index contributed by atoms with van der Waals surface area (Å²) >= 11 is 0. The van der Waals surface area contributed by atoms with Gasteiger partial charge in [-0.3, -0.25) is 4.79 Å². The molecular formula is C22H28N4O2. The summed E-state index contributed by atoms with van der Waals surface area (Å²) in [4.78, 5) is 12.4. The van der Waals surface area contributed by atoms with Gasteiger partial charge in [0.1, 0.15) is 0 Å². The molecule has 1 atom stereocenters. The minimum Gasteiger partial charge on any atom is -0.390 e. The largest absolute Gasteiger partial charge is 0.390 e. The molecule has 3 rings (SSSR count). The van der Waals surface area contributed by atoms with Gasteiger partial charge in [-0.05, 0) is 56.4 Å². The maximum absolute atomic E-state index is 12.4. The second-order valence-electron chi connectivity index (χ2n) is 8.02. The molecule has 28 heavy (non-hydrogen) atoms. The van der Waals surface area contributed by atoms with Crippen molar-refractivity contribution < 1.29 is 9.90 Å². The third-order valence-electron chi connectivity index (χ3n) is 4.79. The second kappa shape index (κ2) is 8.52. The number of hydrogen-bond donors (Lipinski definition) is 2. The second-order valence-corrected chi connectivity index (χ2v) is 8.02. The predicted molar refractivity (Wildman–Crippen MR) is 110 cm³/mol. The summed E-state index contributed by atoms with van der Waals surface area (Å²) in [6.07, 6.45) is 4.04. The minimum atomic E-state index is -0.673. The topological polar surface area (TPSA) is 80.0 Å². The van der Waals surface area contributed by atoms with Gasteiger partial charge in [0.25, 0.3) is 5.91 Å². The Morgan fingerprint density at radius 2 is 1.96 bits per heavy atom. The molecule has 6 nitrogen and oxygen atoms in total. The van der Waals surface area contributed by atoms with Gasteiger partial charge < -0.3 is 10.4 Å². The number of nitrogens with zero attached hydrogens (tertiary/aromatic N) is 3. The lowest BCUT2D eigenvalue weighted by Crippen LogP contribution is -2.33. The van der Waals surface area contributed by atoms with Crippen LogP contribution in [0.5, 0.6) is 0 Å². The molecule has 1 amide bonds. The van der Waals surface area contributed by atoms with Gasteiger partial charge >= 0.3 is 0 Å². The molecule has 0 radical (unpaired) electrons. The third kappa shape index (κ3) is 5.39. The van der Waals surface area contributed by atoms with Gasteiger partial charge in [0.15, 0.2) is 5.69 Å². The van der Waals surface area contributed by atoms with Gasteiger partial charge in [0.05, 0.1) is 18.3 Å². The van der Waals surface area contributed by atoms with Gasteiger partial charge in [-0.1, -0.05) is 47.7 Å². The van der Waals surface area contributed by atoms with E-state index in [9.17, 15) is 9.90 Å². The van der Waals surface area contributed by atoms with Crippen LogP contribution in [0.4, 0.5) is 0 Å². The van der Waals surface area contributed by atoms with Gasteiger partial charge in [-0.15, -0.1) is 5.10 Å². The maximum atomic E-state index is 12.4. The lowest BCUT2D eigenvalue weighted by molar-refractivity contribution is 0.0674. The van der Waals surface area contributed by atoms with E-state index in [1.54, 1.807) is 24.7 Å². The molecule has 1 unspecified atom stereocenters. The minimum absolute atomic E-state index is 0.0121. The first-order valence-corrected chi connectivity index (χ1v) is 9.72. The molecule has 0 saturated heterocycles. The number of aromatic nitrogens is 3. The van der Waals surface area contributed by atoms with Crippen LogP contribution in [-0.4, -0.2) is 37.7 Å². The van der Waals surface area contributed by atoms with Crippen LogP contribution in [0.3, 0.4) is 0 Å². The highest BCUT2D eigenvalue weighted by Gasteiger charge is 2.16. The standard InChI is InChI=1S/C22H28N4O2/c1-16(8-7-13-22(2,3)28)23-21(27)20-15-26(25-24-20)14-18-11-6-10-17-9-4-5-12-19(17)18/h4-6,9-12,15-16,28H,7-8,13-14H2,1-3H3,(H,23,27). The SMILES string of the molecule is CC(CCCC(C)(C)O)NC(=O)c1cn(Cc2cccc3ccccc23)nn1. The summed E-state index contributed by atoms with van der Waals surface area (Å²) in [5.41, 5.74) is 0.776. The Morgan fingerprint density at radius 3 is 2.75 bits per heavy atom. The van der Waals surface area contributed by atoms with Gasteiger partial charge in [0.2, 0.25) is 0 Å². The highest BCUT2D eigenvalue weighted by atomic mass is 16.3. The summed E-state index contributed by atoms with van der Waals surface area (Å²) in [6, 6.07) is 14.4. The monoisotopic (exact) mass is 380 g/mol. The van der Waals surface area contributed by atoms with E-state index >= 15 is 0 Å². The van der Waals surface area contributed by atoms with Crippen molar-refractivity contribution in [3.63, 3.8) is 0 Å². The number of aliphatic hydroxyl groups is 1. The summed E-state index contributed by atoms with van der Waals surface area (Å²) in [6.45, 7) is 6.11. The van der Waals surface area contributed by atoms with Crippen molar-refractivity contribution in [2.45, 2.75) is 58.2 Å². The lowest BCUT2D eigenvalue weighted by Gasteiger charge is -2.18. The van der Waals surface area contributed by atoms with Crippen LogP contribution in [0.1, 0.15) is 56.1 Å². The van der Waals surface area contributed by atoms with Crippen LogP contribution >= 0.6 is 0 Å². The maximum Gasteiger partial charge on any atom is 0.273 e. The zero-order valence-corrected chi connectivity index (χ0v) is 16.7. The zero-order chi connectivity index (χ0) is 20.1. The van der Waals surface area contributed by atoms with E-state index in [0.29, 0.717) is 18.7 Å². The van der Waals surface area contributed by atoms with E-state index in [4.69, 9.17) is 0 Å². The number of amides is 1. The van der Waals surface area contributed by atoms with Crippen LogP contribution in [0.15, 0.2) is 48.7 Å². The fourth-order valence-corrected chi connectivity index (χ4v) is 3.30. The molecule has 0 spiro atoms. The van der Waals surface area contributed by atoms with Crippen molar-refractivity contribution in [1.82, 2.24) is 20.3 Å². The summed E-state index contributed by atoms with van der Waals surface area (Å²) in [7, 11) is 0. The average Bonchev–Trinajstić information content (AvgIpc) is 3.10. The van der Waals surface area contributed by atoms with Gasteiger partial charge in [0, 0.05) is 6.04 Å². The van der Waals surface area contributed by atoms with Crippen molar-refractivity contribution in [3.8, 4) is 0 Å². The van der Waals surface area contributed by atoms with Crippen molar-refractivity contribution in [3.05, 3.63) is 59.9 Å².